The van der Waals surface area contributed by atoms with Crippen LogP contribution in [0.5, 0.6) is 0 Å². The van der Waals surface area contributed by atoms with Crippen molar-refractivity contribution < 1.29 is 17.2 Å². The minimum atomic E-state index is -4.15. The molecule has 2 aromatic rings. The fourth-order valence-corrected chi connectivity index (χ4v) is 3.52. The molecule has 0 bridgehead atoms. The Morgan fingerprint density at radius 3 is 2.39 bits per heavy atom. The molecule has 0 aliphatic heterocycles. The molecule has 0 radical (unpaired) electrons. The van der Waals surface area contributed by atoms with Crippen LogP contribution in [0.25, 0.3) is 11.3 Å². The summed E-state index contributed by atoms with van der Waals surface area (Å²) in [7, 11) is -2.61. The van der Waals surface area contributed by atoms with Gasteiger partial charge < -0.3 is 4.57 Å². The van der Waals surface area contributed by atoms with E-state index in [-0.39, 0.29) is 17.0 Å². The van der Waals surface area contributed by atoms with E-state index in [0.29, 0.717) is 6.07 Å². The first kappa shape index (κ1) is 17.1. The number of halogens is 2. The highest BCUT2D eigenvalue weighted by molar-refractivity contribution is 7.89. The third-order valence-corrected chi connectivity index (χ3v) is 4.89. The normalized spacial score (nSPS) is 11.7. The second-order valence-electron chi connectivity index (χ2n) is 5.31. The zero-order valence-corrected chi connectivity index (χ0v) is 13.6. The van der Waals surface area contributed by atoms with Gasteiger partial charge in [-0.3, -0.25) is 0 Å². The van der Waals surface area contributed by atoms with Gasteiger partial charge in [0, 0.05) is 18.7 Å². The smallest absolute Gasteiger partial charge is 0.243 e. The summed E-state index contributed by atoms with van der Waals surface area (Å²) in [5.41, 5.74) is 0.437. The van der Waals surface area contributed by atoms with Crippen molar-refractivity contribution in [1.82, 2.24) is 9.29 Å². The summed E-state index contributed by atoms with van der Waals surface area (Å²) in [5, 5.41) is 8.91. The minimum Gasteiger partial charge on any atom is -0.335 e. The highest BCUT2D eigenvalue weighted by Crippen LogP contribution is 2.28. The Morgan fingerprint density at radius 2 is 1.87 bits per heavy atom. The maximum absolute atomic E-state index is 14.3. The largest absolute Gasteiger partial charge is 0.335 e. The molecule has 0 amide bonds. The summed E-state index contributed by atoms with van der Waals surface area (Å²) in [6.45, 7) is 3.15. The average molecular weight is 339 g/mol. The fourth-order valence-electron chi connectivity index (χ4n) is 2.20. The molecule has 1 N–H and O–H groups in total. The molecule has 0 fully saturated rings. The Hall–Kier alpha value is -2.24. The van der Waals surface area contributed by atoms with E-state index in [9.17, 15) is 17.2 Å². The number of hydrogen-bond donors (Lipinski definition) is 1. The first-order chi connectivity index (χ1) is 10.7. The summed E-state index contributed by atoms with van der Waals surface area (Å²) in [4.78, 5) is -0.748. The SMILES string of the molecule is CC(C)NS(=O)(=O)c1cc(F)c(-c2ccc(C#N)n2C)cc1F. The molecule has 122 valence electrons. The molecule has 0 aliphatic rings. The molecule has 0 saturated carbocycles. The van der Waals surface area contributed by atoms with E-state index < -0.39 is 32.6 Å². The van der Waals surface area contributed by atoms with E-state index in [2.05, 4.69) is 4.72 Å². The van der Waals surface area contributed by atoms with E-state index in [4.69, 9.17) is 5.26 Å². The van der Waals surface area contributed by atoms with Crippen molar-refractivity contribution in [2.45, 2.75) is 24.8 Å². The summed E-state index contributed by atoms with van der Waals surface area (Å²) in [5.74, 6) is -1.95. The van der Waals surface area contributed by atoms with E-state index in [1.807, 2.05) is 6.07 Å². The predicted molar refractivity (Wildman–Crippen MR) is 80.9 cm³/mol. The van der Waals surface area contributed by atoms with Gasteiger partial charge in [0.1, 0.15) is 28.3 Å². The third kappa shape index (κ3) is 3.25. The average Bonchev–Trinajstić information content (AvgIpc) is 2.80. The van der Waals surface area contributed by atoms with Gasteiger partial charge in [0.15, 0.2) is 0 Å². The highest BCUT2D eigenvalue weighted by atomic mass is 32.2. The third-order valence-electron chi connectivity index (χ3n) is 3.21. The molecule has 1 aromatic carbocycles. The second-order valence-corrected chi connectivity index (χ2v) is 7.00. The monoisotopic (exact) mass is 339 g/mol. The molecule has 2 rings (SSSR count). The zero-order valence-electron chi connectivity index (χ0n) is 12.8. The lowest BCUT2D eigenvalue weighted by molar-refractivity contribution is 0.540. The van der Waals surface area contributed by atoms with Crippen LogP contribution in [0.3, 0.4) is 0 Å². The molecule has 0 saturated heterocycles. The van der Waals surface area contributed by atoms with Gasteiger partial charge in [-0.1, -0.05) is 0 Å². The minimum absolute atomic E-state index is 0.116. The molecule has 1 aromatic heterocycles. The lowest BCUT2D eigenvalue weighted by Crippen LogP contribution is -2.31. The van der Waals surface area contributed by atoms with Gasteiger partial charge in [0.25, 0.3) is 0 Å². The summed E-state index contributed by atoms with van der Waals surface area (Å²) in [6, 6.07) is 5.87. The maximum atomic E-state index is 14.3. The highest BCUT2D eigenvalue weighted by Gasteiger charge is 2.24. The number of rotatable bonds is 4. The number of nitriles is 1. The molecule has 23 heavy (non-hydrogen) atoms. The summed E-state index contributed by atoms with van der Waals surface area (Å²) in [6.07, 6.45) is 0. The summed E-state index contributed by atoms with van der Waals surface area (Å²) < 4.78 is 56.2. The standard InChI is InChI=1S/C15H15F2N3O2S/c1-9(2)19-23(21,22)15-7-12(16)11(6-13(15)17)14-5-4-10(8-18)20(14)3/h4-7,9,19H,1-3H3. The van der Waals surface area contributed by atoms with Crippen LogP contribution in [0.2, 0.25) is 0 Å². The second kappa shape index (κ2) is 6.10. The van der Waals surface area contributed by atoms with E-state index in [0.717, 1.165) is 6.07 Å². The first-order valence-corrected chi connectivity index (χ1v) is 8.23. The number of nitrogens with one attached hydrogen (secondary N) is 1. The number of aromatic nitrogens is 1. The Morgan fingerprint density at radius 1 is 1.22 bits per heavy atom. The topological polar surface area (TPSA) is 74.9 Å². The number of hydrogen-bond acceptors (Lipinski definition) is 3. The van der Waals surface area contributed by atoms with E-state index >= 15 is 0 Å². The van der Waals surface area contributed by atoms with E-state index in [1.54, 1.807) is 13.8 Å². The van der Waals surface area contributed by atoms with Crippen molar-refractivity contribution in [3.8, 4) is 17.3 Å². The van der Waals surface area contributed by atoms with Crippen LogP contribution in [0, 0.1) is 23.0 Å². The van der Waals surface area contributed by atoms with Crippen LogP contribution in [0.4, 0.5) is 8.78 Å². The number of sulfonamides is 1. The lowest BCUT2D eigenvalue weighted by atomic mass is 10.1. The van der Waals surface area contributed by atoms with Crippen LogP contribution in [0.15, 0.2) is 29.2 Å². The molecular formula is C15H15F2N3O2S. The Bertz CT molecular complexity index is 896. The zero-order chi connectivity index (χ0) is 17.4. The van der Waals surface area contributed by atoms with Crippen LogP contribution >= 0.6 is 0 Å². The van der Waals surface area contributed by atoms with Crippen LogP contribution in [0.1, 0.15) is 19.5 Å². The van der Waals surface area contributed by atoms with Crippen LogP contribution in [-0.4, -0.2) is 19.0 Å². The maximum Gasteiger partial charge on any atom is 0.243 e. The predicted octanol–water partition coefficient (Wildman–Crippen LogP) is 2.53. The van der Waals surface area contributed by atoms with Gasteiger partial charge in [-0.15, -0.1) is 0 Å². The number of benzene rings is 1. The van der Waals surface area contributed by atoms with Gasteiger partial charge >= 0.3 is 0 Å². The van der Waals surface area contributed by atoms with Crippen molar-refractivity contribution in [3.63, 3.8) is 0 Å². The van der Waals surface area contributed by atoms with E-state index in [1.165, 1.54) is 23.7 Å². The van der Waals surface area contributed by atoms with Crippen molar-refractivity contribution in [2.75, 3.05) is 0 Å². The first-order valence-electron chi connectivity index (χ1n) is 6.75. The molecule has 1 heterocycles. The van der Waals surface area contributed by atoms with Crippen LogP contribution < -0.4 is 4.72 Å². The van der Waals surface area contributed by atoms with Crippen molar-refractivity contribution in [1.29, 1.82) is 5.26 Å². The quantitative estimate of drug-likeness (QED) is 0.930. The fraction of sp³-hybridized carbons (Fsp3) is 0.267. The molecule has 5 nitrogen and oxygen atoms in total. The Kier molecular flexibility index (Phi) is 4.54. The van der Waals surface area contributed by atoms with Crippen molar-refractivity contribution in [3.05, 3.63) is 41.6 Å². The van der Waals surface area contributed by atoms with Crippen LogP contribution in [-0.2, 0) is 17.1 Å². The van der Waals surface area contributed by atoms with Crippen molar-refractivity contribution in [2.24, 2.45) is 7.05 Å². The van der Waals surface area contributed by atoms with Gasteiger partial charge in [0.2, 0.25) is 10.0 Å². The van der Waals surface area contributed by atoms with Crippen molar-refractivity contribution >= 4 is 10.0 Å². The molecule has 0 atom stereocenters. The Labute approximate surface area is 133 Å². The van der Waals surface area contributed by atoms with Gasteiger partial charge in [-0.2, -0.15) is 5.26 Å². The molecule has 8 heteroatoms. The van der Waals surface area contributed by atoms with Gasteiger partial charge in [-0.05, 0) is 38.1 Å². The molecule has 0 spiro atoms. The summed E-state index contributed by atoms with van der Waals surface area (Å²) >= 11 is 0. The molecular weight excluding hydrogens is 324 g/mol. The molecule has 0 aliphatic carbocycles. The lowest BCUT2D eigenvalue weighted by Gasteiger charge is -2.12. The number of nitrogens with zero attached hydrogens (tertiary/aromatic N) is 2. The molecule has 0 unspecified atom stereocenters. The van der Waals surface area contributed by atoms with Gasteiger partial charge in [0.05, 0.1) is 5.69 Å². The van der Waals surface area contributed by atoms with Gasteiger partial charge in [-0.25, -0.2) is 21.9 Å². The Balaban J connectivity index is 2.58.